The van der Waals surface area contributed by atoms with Gasteiger partial charge in [0.2, 0.25) is 0 Å². The molecule has 6 heteroatoms. The molecule has 1 aliphatic heterocycles. The summed E-state index contributed by atoms with van der Waals surface area (Å²) >= 11 is 1.77. The van der Waals surface area contributed by atoms with Crippen LogP contribution in [0.15, 0.2) is 18.6 Å². The Hall–Kier alpha value is -1.40. The standard InChI is InChI=1S/C18H27N5S/c1-19-18-20-9-17(24-18)13-22-7-3-4-14(10-22)11-23-12-16(8-21-23)15-5-2-6-15/h8-9,12,14-15H,2-7,10-11,13H2,1H3,(H,19,20). The van der Waals surface area contributed by atoms with Gasteiger partial charge in [0.1, 0.15) is 0 Å². The van der Waals surface area contributed by atoms with Crippen LogP contribution >= 0.6 is 11.3 Å². The van der Waals surface area contributed by atoms with Crippen LogP contribution in [0, 0.1) is 5.92 Å². The van der Waals surface area contributed by atoms with Gasteiger partial charge in [-0.25, -0.2) is 4.98 Å². The Balaban J connectivity index is 1.31. The largest absolute Gasteiger partial charge is 0.365 e. The molecular weight excluding hydrogens is 318 g/mol. The Bertz CT molecular complexity index is 660. The van der Waals surface area contributed by atoms with Gasteiger partial charge in [-0.3, -0.25) is 9.58 Å². The van der Waals surface area contributed by atoms with E-state index >= 15 is 0 Å². The first-order chi connectivity index (χ1) is 11.8. The highest BCUT2D eigenvalue weighted by Crippen LogP contribution is 2.36. The van der Waals surface area contributed by atoms with E-state index in [1.165, 1.54) is 55.6 Å². The summed E-state index contributed by atoms with van der Waals surface area (Å²) < 4.78 is 2.19. The molecule has 1 saturated carbocycles. The highest BCUT2D eigenvalue weighted by atomic mass is 32.1. The Morgan fingerprint density at radius 3 is 2.92 bits per heavy atom. The van der Waals surface area contributed by atoms with Crippen LogP contribution in [0.4, 0.5) is 5.13 Å². The van der Waals surface area contributed by atoms with Gasteiger partial charge in [-0.1, -0.05) is 6.42 Å². The summed E-state index contributed by atoms with van der Waals surface area (Å²) in [6, 6.07) is 0. The Kier molecular flexibility index (Phi) is 4.85. The fourth-order valence-corrected chi connectivity index (χ4v) is 4.67. The zero-order chi connectivity index (χ0) is 16.4. The normalized spacial score (nSPS) is 22.5. The van der Waals surface area contributed by atoms with E-state index in [-0.39, 0.29) is 0 Å². The molecule has 1 N–H and O–H groups in total. The van der Waals surface area contributed by atoms with Crippen molar-refractivity contribution in [1.29, 1.82) is 0 Å². The van der Waals surface area contributed by atoms with Crippen LogP contribution < -0.4 is 5.32 Å². The molecule has 5 nitrogen and oxygen atoms in total. The zero-order valence-electron chi connectivity index (χ0n) is 14.4. The zero-order valence-corrected chi connectivity index (χ0v) is 15.3. The Labute approximate surface area is 148 Å². The minimum atomic E-state index is 0.713. The van der Waals surface area contributed by atoms with Crippen molar-refractivity contribution in [3.8, 4) is 0 Å². The molecule has 3 heterocycles. The Morgan fingerprint density at radius 2 is 2.17 bits per heavy atom. The van der Waals surface area contributed by atoms with Gasteiger partial charge in [0.25, 0.3) is 0 Å². The van der Waals surface area contributed by atoms with Gasteiger partial charge in [0.05, 0.1) is 6.20 Å². The van der Waals surface area contributed by atoms with Crippen molar-refractivity contribution in [2.45, 2.75) is 51.1 Å². The molecule has 2 aromatic rings. The molecule has 0 spiro atoms. The average molecular weight is 346 g/mol. The van der Waals surface area contributed by atoms with Crippen LogP contribution in [-0.4, -0.2) is 39.8 Å². The third-order valence-corrected chi connectivity index (χ3v) is 6.42. The molecule has 2 aromatic heterocycles. The maximum Gasteiger partial charge on any atom is 0.182 e. The van der Waals surface area contributed by atoms with E-state index < -0.39 is 0 Å². The van der Waals surface area contributed by atoms with Gasteiger partial charge in [-0.2, -0.15) is 5.10 Å². The molecule has 0 aromatic carbocycles. The van der Waals surface area contributed by atoms with Crippen molar-refractivity contribution in [2.75, 3.05) is 25.5 Å². The number of hydrogen-bond acceptors (Lipinski definition) is 5. The fraction of sp³-hybridized carbons (Fsp3) is 0.667. The van der Waals surface area contributed by atoms with Crippen LogP contribution in [-0.2, 0) is 13.1 Å². The van der Waals surface area contributed by atoms with E-state index in [1.54, 1.807) is 11.3 Å². The molecule has 1 atom stereocenters. The number of nitrogens with zero attached hydrogens (tertiary/aromatic N) is 4. The quantitative estimate of drug-likeness (QED) is 0.869. The molecule has 130 valence electrons. The third-order valence-electron chi connectivity index (χ3n) is 5.43. The van der Waals surface area contributed by atoms with E-state index in [4.69, 9.17) is 0 Å². The van der Waals surface area contributed by atoms with Crippen molar-refractivity contribution in [3.05, 3.63) is 29.0 Å². The minimum absolute atomic E-state index is 0.713. The molecule has 1 aliphatic carbocycles. The topological polar surface area (TPSA) is 46.0 Å². The fourth-order valence-electron chi connectivity index (χ4n) is 3.86. The minimum Gasteiger partial charge on any atom is -0.365 e. The molecule has 2 aliphatic rings. The summed E-state index contributed by atoms with van der Waals surface area (Å²) in [6.07, 6.45) is 13.1. The lowest BCUT2D eigenvalue weighted by Crippen LogP contribution is -2.36. The highest BCUT2D eigenvalue weighted by Gasteiger charge is 2.23. The van der Waals surface area contributed by atoms with Gasteiger partial charge in [-0.15, -0.1) is 11.3 Å². The van der Waals surface area contributed by atoms with E-state index in [9.17, 15) is 0 Å². The summed E-state index contributed by atoms with van der Waals surface area (Å²) in [5.41, 5.74) is 1.46. The van der Waals surface area contributed by atoms with Crippen LogP contribution in [0.25, 0.3) is 0 Å². The number of piperidine rings is 1. The lowest BCUT2D eigenvalue weighted by atomic mass is 9.81. The van der Waals surface area contributed by atoms with Gasteiger partial charge in [0.15, 0.2) is 5.13 Å². The van der Waals surface area contributed by atoms with Crippen molar-refractivity contribution in [1.82, 2.24) is 19.7 Å². The monoisotopic (exact) mass is 345 g/mol. The summed E-state index contributed by atoms with van der Waals surface area (Å²) in [5.74, 6) is 1.50. The van der Waals surface area contributed by atoms with E-state index in [2.05, 4.69) is 37.4 Å². The summed E-state index contributed by atoms with van der Waals surface area (Å²) in [4.78, 5) is 8.32. The molecule has 0 bridgehead atoms. The van der Waals surface area contributed by atoms with Crippen molar-refractivity contribution < 1.29 is 0 Å². The van der Waals surface area contributed by atoms with Crippen molar-refractivity contribution in [3.63, 3.8) is 0 Å². The predicted molar refractivity (Wildman–Crippen MR) is 98.5 cm³/mol. The summed E-state index contributed by atoms with van der Waals surface area (Å²) in [6.45, 7) is 4.47. The first kappa shape index (κ1) is 16.1. The van der Waals surface area contributed by atoms with E-state index in [0.29, 0.717) is 5.92 Å². The highest BCUT2D eigenvalue weighted by molar-refractivity contribution is 7.15. The molecule has 4 rings (SSSR count). The maximum atomic E-state index is 4.62. The number of likely N-dealkylation sites (tertiary alicyclic amines) is 1. The molecule has 2 fully saturated rings. The Morgan fingerprint density at radius 1 is 1.25 bits per heavy atom. The smallest absolute Gasteiger partial charge is 0.182 e. The molecule has 24 heavy (non-hydrogen) atoms. The molecule has 0 radical (unpaired) electrons. The molecular formula is C18H27N5S. The summed E-state index contributed by atoms with van der Waals surface area (Å²) in [7, 11) is 1.93. The van der Waals surface area contributed by atoms with Crippen LogP contribution in [0.2, 0.25) is 0 Å². The second kappa shape index (κ2) is 7.23. The lowest BCUT2D eigenvalue weighted by molar-refractivity contribution is 0.154. The van der Waals surface area contributed by atoms with Crippen LogP contribution in [0.1, 0.15) is 48.5 Å². The van der Waals surface area contributed by atoms with Crippen LogP contribution in [0.5, 0.6) is 0 Å². The first-order valence-corrected chi connectivity index (χ1v) is 9.99. The number of hydrogen-bond donors (Lipinski definition) is 1. The van der Waals surface area contributed by atoms with Crippen molar-refractivity contribution >= 4 is 16.5 Å². The second-order valence-electron chi connectivity index (χ2n) is 7.25. The number of anilines is 1. The number of rotatable bonds is 6. The SMILES string of the molecule is CNc1ncc(CN2CCCC(Cn3cc(C4CCC4)cn3)C2)s1. The number of thiazole rings is 1. The molecule has 0 amide bonds. The number of nitrogens with one attached hydrogen (secondary N) is 1. The second-order valence-corrected chi connectivity index (χ2v) is 8.36. The van der Waals surface area contributed by atoms with Gasteiger partial charge in [-0.05, 0) is 49.6 Å². The predicted octanol–water partition coefficient (Wildman–Crippen LogP) is 3.56. The van der Waals surface area contributed by atoms with Crippen LogP contribution in [0.3, 0.4) is 0 Å². The average Bonchev–Trinajstić information content (AvgIpc) is 3.16. The van der Waals surface area contributed by atoms with E-state index in [1.807, 2.05) is 13.2 Å². The first-order valence-electron chi connectivity index (χ1n) is 9.17. The van der Waals surface area contributed by atoms with Gasteiger partial charge < -0.3 is 5.32 Å². The molecule has 1 unspecified atom stereocenters. The van der Waals surface area contributed by atoms with Gasteiger partial charge >= 0.3 is 0 Å². The molecule has 1 saturated heterocycles. The third kappa shape index (κ3) is 3.64. The summed E-state index contributed by atoms with van der Waals surface area (Å²) in [5, 5.41) is 8.76. The maximum absolute atomic E-state index is 4.62. The van der Waals surface area contributed by atoms with Gasteiger partial charge in [0, 0.05) is 44.0 Å². The lowest BCUT2D eigenvalue weighted by Gasteiger charge is -2.32. The van der Waals surface area contributed by atoms with E-state index in [0.717, 1.165) is 24.1 Å². The van der Waals surface area contributed by atoms with Crippen molar-refractivity contribution in [2.24, 2.45) is 5.92 Å². The number of aromatic nitrogens is 3.